The number of nitrogens with zero attached hydrogens (tertiary/aromatic N) is 11. The molecule has 0 amide bonds. The zero-order valence-electron chi connectivity index (χ0n) is 53.4. The third-order valence-electron chi connectivity index (χ3n) is 22.1. The van der Waals surface area contributed by atoms with Crippen LogP contribution in [0.1, 0.15) is 128 Å². The Morgan fingerprint density at radius 3 is 1.11 bits per heavy atom. The molecule has 3 saturated carbocycles. The number of anilines is 2. The molecule has 11 aromatic rings. The molecule has 3 aliphatic heterocycles. The van der Waals surface area contributed by atoms with Gasteiger partial charge in [-0.3, -0.25) is 0 Å². The van der Waals surface area contributed by atoms with Crippen LogP contribution in [0.25, 0.3) is 54.9 Å². The van der Waals surface area contributed by atoms with E-state index in [9.17, 15) is 30.6 Å². The summed E-state index contributed by atoms with van der Waals surface area (Å²) in [4.78, 5) is 35.0. The van der Waals surface area contributed by atoms with Crippen LogP contribution in [-0.4, -0.2) is 141 Å². The number of benzene rings is 3. The molecule has 498 valence electrons. The number of fused-ring (bicyclic) bond motifs is 5. The molecule has 0 bridgehead atoms. The van der Waals surface area contributed by atoms with Crippen molar-refractivity contribution in [3.05, 3.63) is 177 Å². The first-order valence-electron chi connectivity index (χ1n) is 32.9. The Morgan fingerprint density at radius 1 is 0.438 bits per heavy atom. The summed E-state index contributed by atoms with van der Waals surface area (Å²) in [6.07, 6.45) is 11.8. The minimum absolute atomic E-state index is 0.0537. The van der Waals surface area contributed by atoms with E-state index in [2.05, 4.69) is 96.0 Å². The Morgan fingerprint density at radius 2 is 0.781 bits per heavy atom. The molecule has 0 radical (unpaired) electrons. The van der Waals surface area contributed by atoms with Gasteiger partial charge in [-0.2, -0.15) is 0 Å². The fourth-order valence-corrected chi connectivity index (χ4v) is 17.2. The van der Waals surface area contributed by atoms with E-state index < -0.39 is 52.9 Å². The largest absolute Gasteiger partial charge is 0.390 e. The van der Waals surface area contributed by atoms with Crippen molar-refractivity contribution >= 4 is 98.4 Å². The van der Waals surface area contributed by atoms with Gasteiger partial charge in [0.2, 0.25) is 0 Å². The number of ether oxygens (including phenoxy) is 3. The quantitative estimate of drug-likeness (QED) is 0.0767. The van der Waals surface area contributed by atoms with E-state index in [1.165, 1.54) is 5.56 Å². The first-order valence-corrected chi connectivity index (χ1v) is 34.4. The Labute approximate surface area is 570 Å². The summed E-state index contributed by atoms with van der Waals surface area (Å²) >= 11 is 6.85. The van der Waals surface area contributed by atoms with Crippen LogP contribution < -0.4 is 11.5 Å². The molecule has 3 aromatic carbocycles. The summed E-state index contributed by atoms with van der Waals surface area (Å²) < 4.78 is 26.4. The third kappa shape index (κ3) is 11.3. The van der Waals surface area contributed by atoms with Gasteiger partial charge in [0, 0.05) is 61.8 Å². The van der Waals surface area contributed by atoms with Gasteiger partial charge in [0.1, 0.15) is 65.9 Å². The van der Waals surface area contributed by atoms with Crippen LogP contribution in [0.4, 0.5) is 11.6 Å². The Kier molecular flexibility index (Phi) is 17.1. The van der Waals surface area contributed by atoms with E-state index in [0.29, 0.717) is 50.7 Å². The Balaban J connectivity index is 0.000000119. The van der Waals surface area contributed by atoms with Crippen molar-refractivity contribution in [2.24, 2.45) is 16.2 Å². The van der Waals surface area contributed by atoms with Crippen molar-refractivity contribution < 1.29 is 44.8 Å². The fourth-order valence-electron chi connectivity index (χ4n) is 16.5. The standard InChI is InChI=1S/2C25H26BrN5O3.C22H25N3O3/c2*1-13-16-5-7-31(24(16)29-12-28-13)19-10-25(22(33)21(19)32)6-4-20(34-11-25)15-3-2-14-8-17(26)23(27)30-18(14)9-15;1-14-16-8-10-25(21(16)24-13-23-14)17-11-22(20(27)19(17)26)9-7-18(28-12-22)15-5-3-2-4-6-15/h2*2-3,5,7-9,12,19-22,32-33H,4,6,10-11H2,1H3,(H2,27,30);2-6,8,10,13,17-20,26-27H,7,9,11-12H2,1H3/t19-,20+,21+,22+,25+;19-,20-,21+,22+,25+;17-,18-,19+,20+,22+/m111/s1. The van der Waals surface area contributed by atoms with Crippen molar-refractivity contribution in [1.29, 1.82) is 0 Å². The van der Waals surface area contributed by atoms with Gasteiger partial charge in [-0.1, -0.05) is 54.6 Å². The lowest BCUT2D eigenvalue weighted by Crippen LogP contribution is -2.42. The SMILES string of the molecule is Cc1ncnc2c1ccn2[C@@H]1C[C@]2(CC[C@@H](c3ccc4cc(Br)c(N)nc4c3)OC2)[C@@H](O)[C@H]1O.Cc1ncnc2c1ccn2[C@@H]1C[C@]2(CC[C@H](c3ccc4cc(Br)c(N)nc4c3)OC2)[C@@H](O)[C@H]1O.Cc1ncnc2c1ccn2[C@@H]1C[C@]2(CC[C@H](c3ccccc3)OC2)[C@@H](O)[C@H]1O. The zero-order valence-corrected chi connectivity index (χ0v) is 56.5. The van der Waals surface area contributed by atoms with Gasteiger partial charge < -0.3 is 70.0 Å². The highest BCUT2D eigenvalue weighted by molar-refractivity contribution is 9.11. The van der Waals surface area contributed by atoms with Crippen molar-refractivity contribution in [3.63, 3.8) is 0 Å². The summed E-state index contributed by atoms with van der Waals surface area (Å²) in [5.74, 6) is 0.917. The molecule has 10 N–H and O–H groups in total. The maximum atomic E-state index is 11.1. The molecule has 22 nitrogen and oxygen atoms in total. The molecule has 3 spiro atoms. The topological polar surface area (TPSA) is 319 Å². The number of hydrogen-bond donors (Lipinski definition) is 8. The fraction of sp³-hybridized carbons (Fsp3) is 0.417. The number of hydrogen-bond acceptors (Lipinski definition) is 19. The number of rotatable bonds is 6. The predicted octanol–water partition coefficient (Wildman–Crippen LogP) is 10.6. The van der Waals surface area contributed by atoms with Gasteiger partial charge in [0.05, 0.1) is 112 Å². The highest BCUT2D eigenvalue weighted by Gasteiger charge is 2.58. The molecule has 0 unspecified atom stereocenters. The second-order valence-corrected chi connectivity index (χ2v) is 29.2. The monoisotopic (exact) mass is 1430 g/mol. The zero-order chi connectivity index (χ0) is 66.5. The van der Waals surface area contributed by atoms with Gasteiger partial charge in [-0.25, -0.2) is 39.9 Å². The van der Waals surface area contributed by atoms with Gasteiger partial charge in [0.25, 0.3) is 0 Å². The summed E-state index contributed by atoms with van der Waals surface area (Å²) in [6, 6.07) is 31.5. The molecule has 8 aromatic heterocycles. The van der Waals surface area contributed by atoms with E-state index in [-0.39, 0.29) is 36.4 Å². The van der Waals surface area contributed by atoms with Gasteiger partial charge in [-0.15, -0.1) is 0 Å². The number of aliphatic hydroxyl groups is 6. The summed E-state index contributed by atoms with van der Waals surface area (Å²) in [7, 11) is 0. The molecule has 17 rings (SSSR count). The molecular weight excluding hydrogens is 1350 g/mol. The Bertz CT molecular complexity index is 4490. The summed E-state index contributed by atoms with van der Waals surface area (Å²) in [6.45, 7) is 7.06. The second kappa shape index (κ2) is 25.4. The molecule has 96 heavy (non-hydrogen) atoms. The molecule has 3 aliphatic carbocycles. The smallest absolute Gasteiger partial charge is 0.143 e. The van der Waals surface area contributed by atoms with Crippen molar-refractivity contribution in [2.75, 3.05) is 31.3 Å². The van der Waals surface area contributed by atoms with Crippen LogP contribution in [0.15, 0.2) is 144 Å². The highest BCUT2D eigenvalue weighted by Crippen LogP contribution is 2.56. The van der Waals surface area contributed by atoms with Gasteiger partial charge in [0.15, 0.2) is 0 Å². The number of nitrogen functional groups attached to an aromatic ring is 2. The van der Waals surface area contributed by atoms with E-state index in [1.807, 2.05) is 126 Å². The van der Waals surface area contributed by atoms with Crippen molar-refractivity contribution in [1.82, 2.24) is 53.6 Å². The maximum absolute atomic E-state index is 11.1. The molecule has 24 heteroatoms. The minimum Gasteiger partial charge on any atom is -0.390 e. The number of halogens is 2. The van der Waals surface area contributed by atoms with Crippen LogP contribution in [-0.2, 0) is 14.2 Å². The summed E-state index contributed by atoms with van der Waals surface area (Å²) in [5, 5.41) is 71.1. The first-order chi connectivity index (χ1) is 46.3. The number of aryl methyl sites for hydroxylation is 3. The van der Waals surface area contributed by atoms with Crippen molar-refractivity contribution in [3.8, 4) is 0 Å². The lowest BCUT2D eigenvalue weighted by atomic mass is 9.76. The van der Waals surface area contributed by atoms with E-state index in [0.717, 1.165) is 131 Å². The normalized spacial score (nSPS) is 30.4. The van der Waals surface area contributed by atoms with Crippen LogP contribution in [0, 0.1) is 37.0 Å². The molecule has 15 atom stereocenters. The van der Waals surface area contributed by atoms with E-state index >= 15 is 0 Å². The first kappa shape index (κ1) is 64.5. The Hall–Kier alpha value is -7.46. The number of pyridine rings is 2. The molecule has 11 heterocycles. The third-order valence-corrected chi connectivity index (χ3v) is 23.3. The lowest BCUT2D eigenvalue weighted by molar-refractivity contribution is -0.120. The average Bonchev–Trinajstić information content (AvgIpc) is 1.61. The number of aliphatic hydroxyl groups excluding tert-OH is 6. The number of nitrogens with two attached hydrogens (primary N) is 2. The predicted molar refractivity (Wildman–Crippen MR) is 369 cm³/mol. The van der Waals surface area contributed by atoms with Crippen LogP contribution in [0.3, 0.4) is 0 Å². The second-order valence-electron chi connectivity index (χ2n) is 27.5. The van der Waals surface area contributed by atoms with Crippen LogP contribution >= 0.6 is 31.9 Å². The van der Waals surface area contributed by atoms with Crippen LogP contribution in [0.2, 0.25) is 0 Å². The molecule has 6 fully saturated rings. The van der Waals surface area contributed by atoms with Crippen molar-refractivity contribution in [2.45, 2.75) is 152 Å². The van der Waals surface area contributed by atoms with E-state index in [4.69, 9.17) is 25.7 Å². The number of aromatic nitrogens is 11. The molecule has 6 aliphatic rings. The average molecular weight is 1430 g/mol. The molecule has 3 saturated heterocycles. The minimum atomic E-state index is -0.891. The highest BCUT2D eigenvalue weighted by atomic mass is 79.9. The van der Waals surface area contributed by atoms with Crippen LogP contribution in [0.5, 0.6) is 0 Å². The van der Waals surface area contributed by atoms with Gasteiger partial charge >= 0.3 is 0 Å². The van der Waals surface area contributed by atoms with E-state index in [1.54, 1.807) is 19.0 Å². The lowest BCUT2D eigenvalue weighted by Gasteiger charge is -2.40. The molecular formula is C72H77Br2N13O9. The summed E-state index contributed by atoms with van der Waals surface area (Å²) in [5.41, 5.74) is 20.5. The maximum Gasteiger partial charge on any atom is 0.143 e. The van der Waals surface area contributed by atoms with Gasteiger partial charge in [-0.05, 0) is 170 Å².